The summed E-state index contributed by atoms with van der Waals surface area (Å²) in [6.45, 7) is 4.34. The van der Waals surface area contributed by atoms with E-state index >= 15 is 0 Å². The summed E-state index contributed by atoms with van der Waals surface area (Å²) in [6.07, 6.45) is 0.949. The summed E-state index contributed by atoms with van der Waals surface area (Å²) in [5, 5.41) is 17.8. The van der Waals surface area contributed by atoms with Crippen LogP contribution in [-0.4, -0.2) is 0 Å². The highest BCUT2D eigenvalue weighted by molar-refractivity contribution is 5.43. The normalized spacial score (nSPS) is 10.6. The molecule has 2 heteroatoms. The van der Waals surface area contributed by atoms with Crippen molar-refractivity contribution < 1.29 is 0 Å². The Hall–Kier alpha value is -2.58. The van der Waals surface area contributed by atoms with E-state index in [0.29, 0.717) is 11.1 Å². The van der Waals surface area contributed by atoms with Crippen molar-refractivity contribution in [2.24, 2.45) is 0 Å². The molecule has 0 amide bonds. The van der Waals surface area contributed by atoms with E-state index in [0.717, 1.165) is 6.42 Å². The predicted molar refractivity (Wildman–Crippen MR) is 79.1 cm³/mol. The Kier molecular flexibility index (Phi) is 3.87. The lowest BCUT2D eigenvalue weighted by Crippen LogP contribution is -2.22. The van der Waals surface area contributed by atoms with Crippen molar-refractivity contribution >= 4 is 0 Å². The topological polar surface area (TPSA) is 47.6 Å². The van der Waals surface area contributed by atoms with Gasteiger partial charge in [0.2, 0.25) is 0 Å². The first kappa shape index (κ1) is 13.8. The van der Waals surface area contributed by atoms with Gasteiger partial charge in [-0.05, 0) is 41.8 Å². The van der Waals surface area contributed by atoms with Gasteiger partial charge in [-0.3, -0.25) is 0 Å². The van der Waals surface area contributed by atoms with Crippen LogP contribution in [0, 0.1) is 22.7 Å². The molecule has 0 bridgehead atoms. The molecule has 0 spiro atoms. The van der Waals surface area contributed by atoms with Gasteiger partial charge in [0, 0.05) is 5.41 Å². The minimum absolute atomic E-state index is 0.109. The Balaban J connectivity index is 2.46. The van der Waals surface area contributed by atoms with Crippen LogP contribution in [-0.2, 0) is 5.41 Å². The summed E-state index contributed by atoms with van der Waals surface area (Å²) in [5.41, 5.74) is 3.61. The predicted octanol–water partition coefficient (Wildman–Crippen LogP) is 4.15. The fourth-order valence-corrected chi connectivity index (χ4v) is 2.40. The molecule has 0 aromatic heterocycles. The van der Waals surface area contributed by atoms with Crippen LogP contribution in [0.5, 0.6) is 0 Å². The zero-order chi connectivity index (χ0) is 14.6. The van der Waals surface area contributed by atoms with Gasteiger partial charge in [-0.1, -0.05) is 38.1 Å². The molecular formula is C18H16N2. The van der Waals surface area contributed by atoms with Crippen LogP contribution in [0.4, 0.5) is 0 Å². The Morgan fingerprint density at radius 3 is 1.40 bits per heavy atom. The van der Waals surface area contributed by atoms with Crippen LogP contribution in [0.3, 0.4) is 0 Å². The molecule has 0 heterocycles. The van der Waals surface area contributed by atoms with Crippen LogP contribution in [0.1, 0.15) is 42.5 Å². The van der Waals surface area contributed by atoms with Gasteiger partial charge in [0.05, 0.1) is 23.3 Å². The van der Waals surface area contributed by atoms with Gasteiger partial charge in [-0.15, -0.1) is 0 Å². The van der Waals surface area contributed by atoms with Gasteiger partial charge >= 0.3 is 0 Å². The van der Waals surface area contributed by atoms with Crippen molar-refractivity contribution in [1.29, 1.82) is 10.5 Å². The van der Waals surface area contributed by atoms with Crippen molar-refractivity contribution in [2.75, 3.05) is 0 Å². The minimum atomic E-state index is -0.109. The number of benzene rings is 2. The monoisotopic (exact) mass is 260 g/mol. The molecule has 0 saturated heterocycles. The number of nitrogens with zero attached hydrogens (tertiary/aromatic N) is 2. The Bertz CT molecular complexity index is 610. The second-order valence-corrected chi connectivity index (χ2v) is 5.06. The third kappa shape index (κ3) is 2.42. The number of hydrogen-bond acceptors (Lipinski definition) is 2. The summed E-state index contributed by atoms with van der Waals surface area (Å²) in [5.74, 6) is 0. The lowest BCUT2D eigenvalue weighted by molar-refractivity contribution is 0.550. The van der Waals surface area contributed by atoms with Crippen molar-refractivity contribution in [2.45, 2.75) is 25.7 Å². The van der Waals surface area contributed by atoms with Crippen molar-refractivity contribution in [3.63, 3.8) is 0 Å². The van der Waals surface area contributed by atoms with Gasteiger partial charge in [0.25, 0.3) is 0 Å². The summed E-state index contributed by atoms with van der Waals surface area (Å²) in [6, 6.07) is 19.8. The van der Waals surface area contributed by atoms with E-state index in [4.69, 9.17) is 10.5 Å². The van der Waals surface area contributed by atoms with E-state index in [1.165, 1.54) is 11.1 Å². The van der Waals surface area contributed by atoms with Gasteiger partial charge in [0.15, 0.2) is 0 Å². The second kappa shape index (κ2) is 5.59. The molecule has 0 aliphatic carbocycles. The molecule has 2 aromatic rings. The first-order chi connectivity index (χ1) is 9.63. The average molecular weight is 260 g/mol. The lowest BCUT2D eigenvalue weighted by Gasteiger charge is -2.29. The van der Waals surface area contributed by atoms with Crippen molar-refractivity contribution in [3.05, 3.63) is 70.8 Å². The first-order valence-corrected chi connectivity index (χ1v) is 6.65. The molecule has 0 unspecified atom stereocenters. The molecule has 0 aliphatic heterocycles. The molecule has 0 radical (unpaired) electrons. The molecule has 0 atom stereocenters. The maximum Gasteiger partial charge on any atom is 0.0991 e. The molecular weight excluding hydrogens is 244 g/mol. The zero-order valence-electron chi connectivity index (χ0n) is 11.7. The highest BCUT2D eigenvalue weighted by Crippen LogP contribution is 2.35. The molecule has 2 aromatic carbocycles. The molecule has 0 saturated carbocycles. The fourth-order valence-electron chi connectivity index (χ4n) is 2.40. The van der Waals surface area contributed by atoms with Gasteiger partial charge in [0.1, 0.15) is 0 Å². The summed E-state index contributed by atoms with van der Waals surface area (Å²) in [7, 11) is 0. The van der Waals surface area contributed by atoms with E-state index in [2.05, 4.69) is 26.0 Å². The smallest absolute Gasteiger partial charge is 0.0991 e. The van der Waals surface area contributed by atoms with Crippen LogP contribution < -0.4 is 0 Å². The maximum absolute atomic E-state index is 8.88. The van der Waals surface area contributed by atoms with E-state index in [-0.39, 0.29) is 5.41 Å². The molecule has 20 heavy (non-hydrogen) atoms. The van der Waals surface area contributed by atoms with Crippen molar-refractivity contribution in [1.82, 2.24) is 0 Å². The first-order valence-electron chi connectivity index (χ1n) is 6.65. The van der Waals surface area contributed by atoms with E-state index in [1.807, 2.05) is 48.5 Å². The Labute approximate surface area is 119 Å². The molecule has 0 aliphatic rings. The standard InChI is InChI=1S/C18H16N2/c1-3-18(2,16-8-4-14(12-19)5-9-16)17-10-6-15(13-20)7-11-17/h4-11H,3H2,1-2H3. The number of nitriles is 2. The van der Waals surface area contributed by atoms with E-state index < -0.39 is 0 Å². The third-order valence-electron chi connectivity index (χ3n) is 4.01. The third-order valence-corrected chi connectivity index (χ3v) is 4.01. The highest BCUT2D eigenvalue weighted by atomic mass is 14.3. The zero-order valence-corrected chi connectivity index (χ0v) is 11.7. The Morgan fingerprint density at radius 1 is 0.800 bits per heavy atom. The van der Waals surface area contributed by atoms with Gasteiger partial charge in [-0.2, -0.15) is 10.5 Å². The van der Waals surface area contributed by atoms with Crippen LogP contribution in [0.15, 0.2) is 48.5 Å². The van der Waals surface area contributed by atoms with E-state index in [9.17, 15) is 0 Å². The molecule has 98 valence electrons. The largest absolute Gasteiger partial charge is 0.192 e. The molecule has 0 fully saturated rings. The van der Waals surface area contributed by atoms with E-state index in [1.54, 1.807) is 0 Å². The molecule has 2 nitrogen and oxygen atoms in total. The van der Waals surface area contributed by atoms with Gasteiger partial charge in [-0.25, -0.2) is 0 Å². The molecule has 0 N–H and O–H groups in total. The van der Waals surface area contributed by atoms with Gasteiger partial charge < -0.3 is 0 Å². The lowest BCUT2D eigenvalue weighted by atomic mass is 9.74. The van der Waals surface area contributed by atoms with Crippen LogP contribution >= 0.6 is 0 Å². The SMILES string of the molecule is CCC(C)(c1ccc(C#N)cc1)c1ccc(C#N)cc1. The van der Waals surface area contributed by atoms with Crippen LogP contribution in [0.25, 0.3) is 0 Å². The summed E-state index contributed by atoms with van der Waals surface area (Å²) in [4.78, 5) is 0. The maximum atomic E-state index is 8.88. The fraction of sp³-hybridized carbons (Fsp3) is 0.222. The summed E-state index contributed by atoms with van der Waals surface area (Å²) < 4.78 is 0. The molecule has 2 rings (SSSR count). The average Bonchev–Trinajstić information content (AvgIpc) is 2.54. The van der Waals surface area contributed by atoms with Crippen molar-refractivity contribution in [3.8, 4) is 12.1 Å². The quantitative estimate of drug-likeness (QED) is 0.832. The number of rotatable bonds is 3. The van der Waals surface area contributed by atoms with Crippen LogP contribution in [0.2, 0.25) is 0 Å². The minimum Gasteiger partial charge on any atom is -0.192 e. The summed E-state index contributed by atoms with van der Waals surface area (Å²) >= 11 is 0. The highest BCUT2D eigenvalue weighted by Gasteiger charge is 2.26. The second-order valence-electron chi connectivity index (χ2n) is 5.06. The Morgan fingerprint density at radius 2 is 1.15 bits per heavy atom. The number of hydrogen-bond donors (Lipinski definition) is 0.